The van der Waals surface area contributed by atoms with Crippen LogP contribution in [0.3, 0.4) is 0 Å². The number of amides is 3. The molecule has 0 unspecified atom stereocenters. The van der Waals surface area contributed by atoms with Crippen molar-refractivity contribution in [1.29, 1.82) is 0 Å². The van der Waals surface area contributed by atoms with Gasteiger partial charge in [-0.25, -0.2) is 13.1 Å². The predicted molar refractivity (Wildman–Crippen MR) is 128 cm³/mol. The summed E-state index contributed by atoms with van der Waals surface area (Å²) in [5, 5.41) is 2.70. The molecule has 0 spiro atoms. The molecule has 0 atom stereocenters. The van der Waals surface area contributed by atoms with E-state index in [2.05, 4.69) is 20.9 Å². The van der Waals surface area contributed by atoms with E-state index in [1.54, 1.807) is 24.3 Å². The van der Waals surface area contributed by atoms with Gasteiger partial charge in [0, 0.05) is 22.6 Å². The van der Waals surface area contributed by atoms with Gasteiger partial charge in [-0.2, -0.15) is 0 Å². The highest BCUT2D eigenvalue weighted by Gasteiger charge is 2.19. The average Bonchev–Trinajstić information content (AvgIpc) is 2.86. The fourth-order valence-electron chi connectivity index (χ4n) is 3.14. The van der Waals surface area contributed by atoms with E-state index in [0.717, 1.165) is 10.5 Å². The quantitative estimate of drug-likeness (QED) is 0.387. The molecular weight excluding hydrogens is 476 g/mol. The maximum Gasteiger partial charge on any atom is 0.269 e. The number of fused-ring (bicyclic) bond motifs is 1. The Labute approximate surface area is 200 Å². The van der Waals surface area contributed by atoms with E-state index in [1.807, 2.05) is 18.2 Å². The van der Waals surface area contributed by atoms with Crippen LogP contribution in [-0.4, -0.2) is 31.9 Å². The minimum Gasteiger partial charge on any atom is -0.324 e. The molecule has 0 saturated heterocycles. The molecule has 4 rings (SSSR count). The summed E-state index contributed by atoms with van der Waals surface area (Å²) in [6.07, 6.45) is 0. The summed E-state index contributed by atoms with van der Waals surface area (Å²) in [6.45, 7) is 0.107. The molecule has 0 aliphatic carbocycles. The zero-order valence-corrected chi connectivity index (χ0v) is 19.3. The first-order valence-corrected chi connectivity index (χ1v) is 12.6. The van der Waals surface area contributed by atoms with E-state index < -0.39 is 21.8 Å². The maximum absolute atomic E-state index is 12.6. The Morgan fingerprint density at radius 3 is 2.32 bits per heavy atom. The second-order valence-electron chi connectivity index (χ2n) is 7.29. The lowest BCUT2D eigenvalue weighted by atomic mass is 10.2. The van der Waals surface area contributed by atoms with Crippen LogP contribution in [0.1, 0.15) is 26.3 Å². The molecule has 4 N–H and O–H groups in total. The lowest BCUT2D eigenvalue weighted by Gasteiger charge is -2.17. The van der Waals surface area contributed by atoms with Crippen molar-refractivity contribution in [2.24, 2.45) is 0 Å². The number of carbonyl (C=O) groups is 3. The van der Waals surface area contributed by atoms with E-state index in [0.29, 0.717) is 11.4 Å². The van der Waals surface area contributed by atoms with Crippen LogP contribution in [0.25, 0.3) is 0 Å². The van der Waals surface area contributed by atoms with Crippen molar-refractivity contribution in [2.75, 3.05) is 11.1 Å². The summed E-state index contributed by atoms with van der Waals surface area (Å²) in [5.41, 5.74) is 6.19. The highest BCUT2D eigenvalue weighted by Crippen LogP contribution is 2.31. The Morgan fingerprint density at radius 1 is 0.882 bits per heavy atom. The fraction of sp³-hybridized carbons (Fsp3) is 0.0870. The lowest BCUT2D eigenvalue weighted by Crippen LogP contribution is -2.41. The van der Waals surface area contributed by atoms with Gasteiger partial charge < -0.3 is 5.32 Å². The van der Waals surface area contributed by atoms with Crippen molar-refractivity contribution in [1.82, 2.24) is 15.6 Å². The summed E-state index contributed by atoms with van der Waals surface area (Å²) >= 11 is 1.37. The second-order valence-corrected chi connectivity index (χ2v) is 10.1. The molecule has 3 aromatic carbocycles. The number of thioether (sulfide) groups is 1. The number of rotatable bonds is 6. The van der Waals surface area contributed by atoms with Crippen LogP contribution in [0.2, 0.25) is 0 Å². The molecule has 34 heavy (non-hydrogen) atoms. The topological polar surface area (TPSA) is 133 Å². The Morgan fingerprint density at radius 2 is 1.59 bits per heavy atom. The molecule has 3 amide bonds. The number of hydrogen-bond donors (Lipinski definition) is 4. The largest absolute Gasteiger partial charge is 0.324 e. The summed E-state index contributed by atoms with van der Waals surface area (Å²) in [6, 6.07) is 19.3. The third kappa shape index (κ3) is 5.63. The second kappa shape index (κ2) is 10.1. The van der Waals surface area contributed by atoms with Crippen molar-refractivity contribution in [3.8, 4) is 0 Å². The van der Waals surface area contributed by atoms with E-state index in [-0.39, 0.29) is 28.5 Å². The molecule has 0 saturated carbocycles. The minimum absolute atomic E-state index is 0.0528. The fourth-order valence-corrected chi connectivity index (χ4v) is 5.00. The van der Waals surface area contributed by atoms with Gasteiger partial charge in [0.15, 0.2) is 0 Å². The molecular formula is C23H20N4O5S2. The highest BCUT2D eigenvalue weighted by molar-refractivity contribution is 8.00. The number of sulfonamides is 1. The SMILES string of the molecule is O=C1CSc2ccc(C(=O)NNC(=O)c3cccc(S(=O)(=O)NCc4ccccc4)c3)cc2N1. The van der Waals surface area contributed by atoms with Gasteiger partial charge in [-0.05, 0) is 42.0 Å². The van der Waals surface area contributed by atoms with Crippen LogP contribution in [0.15, 0.2) is 82.6 Å². The molecule has 0 fully saturated rings. The van der Waals surface area contributed by atoms with Crippen molar-refractivity contribution < 1.29 is 22.8 Å². The van der Waals surface area contributed by atoms with Gasteiger partial charge in [-0.15, -0.1) is 11.8 Å². The van der Waals surface area contributed by atoms with Crippen LogP contribution >= 0.6 is 11.8 Å². The van der Waals surface area contributed by atoms with E-state index in [4.69, 9.17) is 0 Å². The van der Waals surface area contributed by atoms with Gasteiger partial charge in [0.1, 0.15) is 0 Å². The molecule has 9 nitrogen and oxygen atoms in total. The molecule has 174 valence electrons. The molecule has 1 heterocycles. The lowest BCUT2D eigenvalue weighted by molar-refractivity contribution is -0.113. The monoisotopic (exact) mass is 496 g/mol. The zero-order chi connectivity index (χ0) is 24.1. The first kappa shape index (κ1) is 23.5. The van der Waals surface area contributed by atoms with Crippen LogP contribution < -0.4 is 20.9 Å². The van der Waals surface area contributed by atoms with E-state index in [9.17, 15) is 22.8 Å². The van der Waals surface area contributed by atoms with Gasteiger partial charge >= 0.3 is 0 Å². The first-order valence-electron chi connectivity index (χ1n) is 10.1. The van der Waals surface area contributed by atoms with Gasteiger partial charge in [-0.3, -0.25) is 25.2 Å². The van der Waals surface area contributed by atoms with Crippen LogP contribution in [0.5, 0.6) is 0 Å². The van der Waals surface area contributed by atoms with Crippen LogP contribution in [0, 0.1) is 0 Å². The van der Waals surface area contributed by atoms with Crippen molar-refractivity contribution in [3.05, 3.63) is 89.5 Å². The molecule has 0 radical (unpaired) electrons. The van der Waals surface area contributed by atoms with E-state index >= 15 is 0 Å². The zero-order valence-electron chi connectivity index (χ0n) is 17.7. The Hall–Kier alpha value is -3.67. The maximum atomic E-state index is 12.6. The smallest absolute Gasteiger partial charge is 0.269 e. The van der Waals surface area contributed by atoms with Crippen LogP contribution in [-0.2, 0) is 21.4 Å². The number of nitrogens with one attached hydrogen (secondary N) is 4. The number of hydrazine groups is 1. The normalized spacial score (nSPS) is 12.9. The summed E-state index contributed by atoms with van der Waals surface area (Å²) in [5.74, 6) is -1.12. The first-order chi connectivity index (χ1) is 16.3. The Kier molecular flexibility index (Phi) is 6.96. The van der Waals surface area contributed by atoms with Gasteiger partial charge in [0.2, 0.25) is 15.9 Å². The number of hydrogen-bond acceptors (Lipinski definition) is 6. The standard InChI is InChI=1S/C23H20N4O5S2/c28-21-14-33-20-10-9-17(12-19(20)25-21)23(30)27-26-22(29)16-7-4-8-18(11-16)34(31,32)24-13-15-5-2-1-3-6-15/h1-12,24H,13-14H2,(H,25,28)(H,26,29)(H,27,30). The Balaban J connectivity index is 1.39. The van der Waals surface area contributed by atoms with Gasteiger partial charge in [0.05, 0.1) is 16.3 Å². The molecule has 3 aromatic rings. The molecule has 11 heteroatoms. The van der Waals surface area contributed by atoms with E-state index in [1.165, 1.54) is 42.1 Å². The van der Waals surface area contributed by atoms with Crippen molar-refractivity contribution >= 4 is 45.2 Å². The third-order valence-electron chi connectivity index (χ3n) is 4.88. The highest BCUT2D eigenvalue weighted by atomic mass is 32.2. The number of carbonyl (C=O) groups excluding carboxylic acids is 3. The average molecular weight is 497 g/mol. The number of anilines is 1. The van der Waals surface area contributed by atoms with Gasteiger partial charge in [0.25, 0.3) is 11.8 Å². The van der Waals surface area contributed by atoms with Crippen molar-refractivity contribution in [3.63, 3.8) is 0 Å². The predicted octanol–water partition coefficient (Wildman–Crippen LogP) is 2.28. The molecule has 0 aromatic heterocycles. The Bertz CT molecular complexity index is 1360. The minimum atomic E-state index is -3.86. The molecule has 1 aliphatic rings. The van der Waals surface area contributed by atoms with Crippen LogP contribution in [0.4, 0.5) is 5.69 Å². The summed E-state index contributed by atoms with van der Waals surface area (Å²) in [7, 11) is -3.86. The third-order valence-corrected chi connectivity index (χ3v) is 7.35. The molecule has 0 bridgehead atoms. The number of benzene rings is 3. The summed E-state index contributed by atoms with van der Waals surface area (Å²) in [4.78, 5) is 37.3. The van der Waals surface area contributed by atoms with Gasteiger partial charge in [-0.1, -0.05) is 36.4 Å². The van der Waals surface area contributed by atoms with Crippen molar-refractivity contribution in [2.45, 2.75) is 16.3 Å². The molecule has 1 aliphatic heterocycles. The summed E-state index contributed by atoms with van der Waals surface area (Å²) < 4.78 is 27.8.